The Morgan fingerprint density at radius 3 is 2.29 bits per heavy atom. The van der Waals surface area contributed by atoms with Crippen molar-refractivity contribution in [3.63, 3.8) is 0 Å². The molecule has 0 bridgehead atoms. The lowest BCUT2D eigenvalue weighted by molar-refractivity contribution is -0.134. The molecule has 2 heterocycles. The maximum absolute atomic E-state index is 10.1. The summed E-state index contributed by atoms with van der Waals surface area (Å²) in [5, 5.41) is 29.1. The molecule has 1 aliphatic heterocycles. The Kier molecular flexibility index (Phi) is 10.0. The average molecular weight is 417 g/mol. The lowest BCUT2D eigenvalue weighted by atomic mass is 10.1. The zero-order valence-corrected chi connectivity index (χ0v) is 17.1. The highest BCUT2D eigenvalue weighted by atomic mass is 32.1. The second-order valence-electron chi connectivity index (χ2n) is 7.13. The Balaban J connectivity index is 0.000000416. The third kappa shape index (κ3) is 10.3. The van der Waals surface area contributed by atoms with E-state index in [0.29, 0.717) is 25.1 Å². The number of aliphatic hydroxyl groups excluding tert-OH is 1. The lowest BCUT2D eigenvalue weighted by Gasteiger charge is -2.27. The fourth-order valence-corrected chi connectivity index (χ4v) is 2.80. The molecule has 1 unspecified atom stereocenters. The number of hydrogen-bond acceptors (Lipinski definition) is 9. The minimum atomic E-state index is -1.26. The molecule has 0 aromatic carbocycles. The normalized spacial score (nSPS) is 15.8. The number of aliphatic carboxylic acids is 2. The molecular formula is C17H28N4O6S. The molecule has 28 heavy (non-hydrogen) atoms. The van der Waals surface area contributed by atoms with E-state index in [0.717, 1.165) is 37.8 Å². The SMILES string of the molecule is CC(C)(C)NCC(O)Cc1nsnc1N1CCOCC1.O=C(O)/C=C\C(=O)O. The molecule has 1 saturated heterocycles. The standard InChI is InChI=1S/C13H24N4O2S.C4H4O4/c1-13(2,3)14-9-10(18)8-11-12(16-20-15-11)17-4-6-19-7-5-17;5-3(6)1-2-4(7)8/h10,14,18H,4-9H2,1-3H3;1-2H,(H,5,6)(H,7,8)/b;2-1-. The number of aromatic nitrogens is 2. The van der Waals surface area contributed by atoms with Gasteiger partial charge in [-0.2, -0.15) is 8.75 Å². The fourth-order valence-electron chi connectivity index (χ4n) is 2.21. The predicted molar refractivity (Wildman–Crippen MR) is 105 cm³/mol. The van der Waals surface area contributed by atoms with Gasteiger partial charge in [0.15, 0.2) is 5.82 Å². The summed E-state index contributed by atoms with van der Waals surface area (Å²) in [5.74, 6) is -1.60. The van der Waals surface area contributed by atoms with Crippen molar-refractivity contribution in [1.82, 2.24) is 14.1 Å². The van der Waals surface area contributed by atoms with Crippen molar-refractivity contribution in [2.24, 2.45) is 0 Å². The van der Waals surface area contributed by atoms with Crippen LogP contribution in [0.4, 0.5) is 5.82 Å². The molecular weight excluding hydrogens is 388 g/mol. The number of carboxylic acids is 2. The molecule has 1 aromatic heterocycles. The first-order valence-corrected chi connectivity index (χ1v) is 9.52. The van der Waals surface area contributed by atoms with Gasteiger partial charge in [0, 0.05) is 43.7 Å². The number of aliphatic hydroxyl groups is 1. The van der Waals surface area contributed by atoms with Crippen LogP contribution in [0.2, 0.25) is 0 Å². The number of hydrogen-bond donors (Lipinski definition) is 4. The van der Waals surface area contributed by atoms with Crippen LogP contribution in [0.25, 0.3) is 0 Å². The smallest absolute Gasteiger partial charge is 0.328 e. The van der Waals surface area contributed by atoms with E-state index in [4.69, 9.17) is 14.9 Å². The van der Waals surface area contributed by atoms with E-state index in [1.807, 2.05) is 0 Å². The molecule has 11 heteroatoms. The van der Waals surface area contributed by atoms with E-state index in [1.165, 1.54) is 11.7 Å². The maximum Gasteiger partial charge on any atom is 0.328 e. The molecule has 10 nitrogen and oxygen atoms in total. The van der Waals surface area contributed by atoms with Crippen LogP contribution < -0.4 is 10.2 Å². The van der Waals surface area contributed by atoms with Crippen molar-refractivity contribution < 1.29 is 29.6 Å². The van der Waals surface area contributed by atoms with Gasteiger partial charge >= 0.3 is 11.9 Å². The zero-order valence-electron chi connectivity index (χ0n) is 16.3. The summed E-state index contributed by atoms with van der Waals surface area (Å²) in [6, 6.07) is 0. The van der Waals surface area contributed by atoms with Crippen molar-refractivity contribution in [1.29, 1.82) is 0 Å². The Bertz CT molecular complexity index is 636. The second-order valence-corrected chi connectivity index (χ2v) is 7.66. The molecule has 2 rings (SSSR count). The van der Waals surface area contributed by atoms with Crippen molar-refractivity contribution in [3.8, 4) is 0 Å². The van der Waals surface area contributed by atoms with Crippen LogP contribution in [0.1, 0.15) is 26.5 Å². The summed E-state index contributed by atoms with van der Waals surface area (Å²) in [5.41, 5.74) is 0.897. The third-order valence-electron chi connectivity index (χ3n) is 3.51. The van der Waals surface area contributed by atoms with E-state index in [-0.39, 0.29) is 5.54 Å². The van der Waals surface area contributed by atoms with Crippen LogP contribution in [0.15, 0.2) is 12.2 Å². The largest absolute Gasteiger partial charge is 0.478 e. The summed E-state index contributed by atoms with van der Waals surface area (Å²) in [4.78, 5) is 21.3. The number of ether oxygens (including phenoxy) is 1. The first-order chi connectivity index (χ1) is 13.1. The topological polar surface area (TPSA) is 145 Å². The Morgan fingerprint density at radius 2 is 1.79 bits per heavy atom. The maximum atomic E-state index is 10.1. The van der Waals surface area contributed by atoms with Gasteiger partial charge in [-0.05, 0) is 20.8 Å². The van der Waals surface area contributed by atoms with Gasteiger partial charge in [0.1, 0.15) is 5.69 Å². The zero-order chi connectivity index (χ0) is 21.2. The van der Waals surface area contributed by atoms with Gasteiger partial charge in [-0.25, -0.2) is 9.59 Å². The Hall–Kier alpha value is -2.08. The quantitative estimate of drug-likeness (QED) is 0.460. The molecule has 158 valence electrons. The minimum absolute atomic E-state index is 0.00828. The number of anilines is 1. The number of morpholine rings is 1. The third-order valence-corrected chi connectivity index (χ3v) is 4.07. The van der Waals surface area contributed by atoms with Gasteiger partial charge in [-0.15, -0.1) is 0 Å². The van der Waals surface area contributed by atoms with E-state index in [2.05, 4.69) is 39.7 Å². The van der Waals surface area contributed by atoms with Gasteiger partial charge in [0.05, 0.1) is 31.0 Å². The Labute approximate surface area is 168 Å². The highest BCUT2D eigenvalue weighted by molar-refractivity contribution is 6.99. The summed E-state index contributed by atoms with van der Waals surface area (Å²) < 4.78 is 14.1. The first kappa shape index (κ1) is 24.0. The molecule has 0 saturated carbocycles. The Morgan fingerprint density at radius 1 is 1.21 bits per heavy atom. The molecule has 0 spiro atoms. The molecule has 1 aliphatic rings. The van der Waals surface area contributed by atoms with Crippen molar-refractivity contribution in [2.75, 3.05) is 37.7 Å². The van der Waals surface area contributed by atoms with Crippen LogP contribution in [0.5, 0.6) is 0 Å². The molecule has 1 atom stereocenters. The number of β-amino-alcohol motifs (C(OH)–C–C–N with tert-alkyl or cyclic N) is 1. The summed E-state index contributed by atoms with van der Waals surface area (Å²) in [6.45, 7) is 9.96. The van der Waals surface area contributed by atoms with Gasteiger partial charge < -0.3 is 30.3 Å². The molecule has 0 radical (unpaired) electrons. The van der Waals surface area contributed by atoms with E-state index in [1.54, 1.807) is 0 Å². The monoisotopic (exact) mass is 416 g/mol. The number of carbonyl (C=O) groups is 2. The second kappa shape index (κ2) is 11.7. The summed E-state index contributed by atoms with van der Waals surface area (Å²) in [6.07, 6.45) is 1.20. The number of nitrogens with zero attached hydrogens (tertiary/aromatic N) is 3. The fraction of sp³-hybridized carbons (Fsp3) is 0.647. The molecule has 1 fully saturated rings. The van der Waals surface area contributed by atoms with Crippen molar-refractivity contribution in [3.05, 3.63) is 17.8 Å². The van der Waals surface area contributed by atoms with Crippen molar-refractivity contribution >= 4 is 29.5 Å². The van der Waals surface area contributed by atoms with Crippen LogP contribution in [0.3, 0.4) is 0 Å². The molecule has 1 aromatic rings. The molecule has 0 aliphatic carbocycles. The van der Waals surface area contributed by atoms with Gasteiger partial charge in [0.2, 0.25) is 0 Å². The van der Waals surface area contributed by atoms with Crippen molar-refractivity contribution in [2.45, 2.75) is 38.8 Å². The highest BCUT2D eigenvalue weighted by Crippen LogP contribution is 2.20. The van der Waals surface area contributed by atoms with Crippen LogP contribution in [-0.4, -0.2) is 80.5 Å². The van der Waals surface area contributed by atoms with Crippen LogP contribution >= 0.6 is 11.7 Å². The van der Waals surface area contributed by atoms with Gasteiger partial charge in [0.25, 0.3) is 0 Å². The molecule has 0 amide bonds. The lowest BCUT2D eigenvalue weighted by Crippen LogP contribution is -2.41. The summed E-state index contributed by atoms with van der Waals surface area (Å²) >= 11 is 1.21. The van der Waals surface area contributed by atoms with Crippen LogP contribution in [-0.2, 0) is 20.7 Å². The average Bonchev–Trinajstić information content (AvgIpc) is 3.07. The predicted octanol–water partition coefficient (Wildman–Crippen LogP) is 0.378. The van der Waals surface area contributed by atoms with E-state index in [9.17, 15) is 14.7 Å². The molecule has 4 N–H and O–H groups in total. The van der Waals surface area contributed by atoms with E-state index < -0.39 is 18.0 Å². The number of nitrogens with one attached hydrogen (secondary N) is 1. The summed E-state index contributed by atoms with van der Waals surface area (Å²) in [7, 11) is 0. The highest BCUT2D eigenvalue weighted by Gasteiger charge is 2.21. The van der Waals surface area contributed by atoms with Gasteiger partial charge in [-0.3, -0.25) is 0 Å². The minimum Gasteiger partial charge on any atom is -0.478 e. The van der Waals surface area contributed by atoms with Crippen LogP contribution in [0, 0.1) is 0 Å². The van der Waals surface area contributed by atoms with E-state index >= 15 is 0 Å². The van der Waals surface area contributed by atoms with Gasteiger partial charge in [-0.1, -0.05) is 0 Å². The number of rotatable bonds is 7. The number of carboxylic acid groups (broad SMARTS) is 2. The first-order valence-electron chi connectivity index (χ1n) is 8.79.